The summed E-state index contributed by atoms with van der Waals surface area (Å²) in [5, 5.41) is 1.90. The molecule has 4 nitrogen and oxygen atoms in total. The molecule has 0 aliphatic heterocycles. The number of ether oxygens (including phenoxy) is 2. The molecular weight excluding hydrogens is 252 g/mol. The molecule has 5 heteroatoms. The van der Waals surface area contributed by atoms with Crippen molar-refractivity contribution in [1.82, 2.24) is 0 Å². The van der Waals surface area contributed by atoms with Crippen molar-refractivity contribution in [2.45, 2.75) is 25.9 Å². The van der Waals surface area contributed by atoms with Crippen molar-refractivity contribution in [3.05, 3.63) is 34.5 Å². The van der Waals surface area contributed by atoms with Crippen LogP contribution in [0, 0.1) is 0 Å². The fraction of sp³-hybridized carbons (Fsp3) is 0.385. The second-order valence-corrected chi connectivity index (χ2v) is 4.69. The minimum absolute atomic E-state index is 0.330. The van der Waals surface area contributed by atoms with Crippen LogP contribution in [0.5, 0.6) is 0 Å². The van der Waals surface area contributed by atoms with Gasteiger partial charge >= 0.3 is 11.9 Å². The molecule has 2 atom stereocenters. The summed E-state index contributed by atoms with van der Waals surface area (Å²) >= 11 is 1.48. The van der Waals surface area contributed by atoms with E-state index in [9.17, 15) is 9.59 Å². The average Bonchev–Trinajstić information content (AvgIpc) is 2.81. The van der Waals surface area contributed by atoms with Gasteiger partial charge in [-0.15, -0.1) is 11.3 Å². The van der Waals surface area contributed by atoms with Crippen LogP contribution < -0.4 is 0 Å². The summed E-state index contributed by atoms with van der Waals surface area (Å²) in [7, 11) is 1.35. The first-order chi connectivity index (χ1) is 8.54. The normalized spacial score (nSPS) is 14.2. The van der Waals surface area contributed by atoms with Crippen LogP contribution in [0.3, 0.4) is 0 Å². The van der Waals surface area contributed by atoms with Gasteiger partial charge in [0, 0.05) is 11.8 Å². The molecule has 98 valence electrons. The van der Waals surface area contributed by atoms with Crippen molar-refractivity contribution in [2.24, 2.45) is 0 Å². The Balaban J connectivity index is 2.77. The van der Waals surface area contributed by atoms with Crippen molar-refractivity contribution in [2.75, 3.05) is 7.11 Å². The van der Waals surface area contributed by atoms with Gasteiger partial charge < -0.3 is 9.47 Å². The number of esters is 2. The lowest BCUT2D eigenvalue weighted by Crippen LogP contribution is -2.13. The van der Waals surface area contributed by atoms with E-state index < -0.39 is 5.92 Å². The highest BCUT2D eigenvalue weighted by atomic mass is 32.1. The van der Waals surface area contributed by atoms with Crippen LogP contribution in [0.25, 0.3) is 0 Å². The molecule has 0 bridgehead atoms. The number of carbonyl (C=O) groups excluding carboxylic acids is 2. The van der Waals surface area contributed by atoms with Gasteiger partial charge in [0.05, 0.1) is 7.11 Å². The standard InChI is InChI=1S/C13H16O4S/c1-9(17-10(2)14)6-7-11(13(15)16-3)12-5-4-8-18-12/h4-9,11H,1-3H3/b7-6+/t9-,11+/m0/s1. The number of methoxy groups -OCH3 is 1. The van der Waals surface area contributed by atoms with E-state index in [4.69, 9.17) is 9.47 Å². The van der Waals surface area contributed by atoms with Gasteiger partial charge in [-0.3, -0.25) is 9.59 Å². The minimum atomic E-state index is -0.451. The van der Waals surface area contributed by atoms with E-state index in [2.05, 4.69) is 0 Å². The van der Waals surface area contributed by atoms with Crippen molar-refractivity contribution in [3.63, 3.8) is 0 Å². The zero-order chi connectivity index (χ0) is 13.5. The molecule has 1 aromatic heterocycles. The summed E-state index contributed by atoms with van der Waals surface area (Å²) in [5.41, 5.74) is 0. The maximum absolute atomic E-state index is 11.7. The molecule has 1 heterocycles. The predicted molar refractivity (Wildman–Crippen MR) is 69.4 cm³/mol. The quantitative estimate of drug-likeness (QED) is 0.608. The van der Waals surface area contributed by atoms with Crippen molar-refractivity contribution < 1.29 is 19.1 Å². The van der Waals surface area contributed by atoms with Crippen LogP contribution in [-0.4, -0.2) is 25.2 Å². The SMILES string of the molecule is COC(=O)[C@H](/C=C/[C@H](C)OC(C)=O)c1cccs1. The summed E-state index contributed by atoms with van der Waals surface area (Å²) in [6, 6.07) is 3.74. The first-order valence-corrected chi connectivity index (χ1v) is 6.39. The van der Waals surface area contributed by atoms with Gasteiger partial charge in [0.2, 0.25) is 0 Å². The monoisotopic (exact) mass is 268 g/mol. The van der Waals surface area contributed by atoms with Gasteiger partial charge in [0.25, 0.3) is 0 Å². The smallest absolute Gasteiger partial charge is 0.317 e. The zero-order valence-corrected chi connectivity index (χ0v) is 11.4. The number of thiophene rings is 1. The van der Waals surface area contributed by atoms with Gasteiger partial charge in [-0.05, 0) is 24.4 Å². The van der Waals surface area contributed by atoms with Crippen molar-refractivity contribution >= 4 is 23.3 Å². The van der Waals surface area contributed by atoms with E-state index in [1.54, 1.807) is 19.1 Å². The molecule has 0 aromatic carbocycles. The van der Waals surface area contributed by atoms with Crippen LogP contribution in [0.1, 0.15) is 24.6 Å². The molecule has 0 aliphatic carbocycles. The lowest BCUT2D eigenvalue weighted by atomic mass is 10.1. The molecule has 0 saturated heterocycles. The first-order valence-electron chi connectivity index (χ1n) is 5.51. The molecule has 1 aromatic rings. The fourth-order valence-electron chi connectivity index (χ4n) is 1.45. The van der Waals surface area contributed by atoms with Crippen LogP contribution in [-0.2, 0) is 19.1 Å². The van der Waals surface area contributed by atoms with Crippen LogP contribution in [0.2, 0.25) is 0 Å². The molecule has 0 aliphatic rings. The summed E-state index contributed by atoms with van der Waals surface area (Å²) in [6.45, 7) is 3.09. The van der Waals surface area contributed by atoms with Crippen LogP contribution in [0.15, 0.2) is 29.7 Å². The van der Waals surface area contributed by atoms with E-state index >= 15 is 0 Å². The molecule has 1 rings (SSSR count). The maximum Gasteiger partial charge on any atom is 0.317 e. The number of hydrogen-bond donors (Lipinski definition) is 0. The second kappa shape index (κ2) is 6.96. The Hall–Kier alpha value is -1.62. The predicted octanol–water partition coefficient (Wildman–Crippen LogP) is 2.51. The molecule has 0 N–H and O–H groups in total. The third-order valence-electron chi connectivity index (χ3n) is 2.23. The highest BCUT2D eigenvalue weighted by Crippen LogP contribution is 2.24. The number of rotatable bonds is 5. The third kappa shape index (κ3) is 4.33. The summed E-state index contributed by atoms with van der Waals surface area (Å²) in [4.78, 5) is 23.3. The van der Waals surface area contributed by atoms with E-state index in [-0.39, 0.29) is 18.0 Å². The van der Waals surface area contributed by atoms with Crippen LogP contribution >= 0.6 is 11.3 Å². The average molecular weight is 268 g/mol. The van der Waals surface area contributed by atoms with Gasteiger partial charge in [-0.2, -0.15) is 0 Å². The van der Waals surface area contributed by atoms with Crippen molar-refractivity contribution in [1.29, 1.82) is 0 Å². The van der Waals surface area contributed by atoms with Gasteiger partial charge in [-0.25, -0.2) is 0 Å². The lowest BCUT2D eigenvalue weighted by molar-refractivity contribution is -0.143. The second-order valence-electron chi connectivity index (χ2n) is 3.72. The van der Waals surface area contributed by atoms with E-state index in [0.717, 1.165) is 4.88 Å². The van der Waals surface area contributed by atoms with E-state index in [1.165, 1.54) is 25.4 Å². The molecule has 0 amide bonds. The third-order valence-corrected chi connectivity index (χ3v) is 3.19. The van der Waals surface area contributed by atoms with Crippen LogP contribution in [0.4, 0.5) is 0 Å². The highest BCUT2D eigenvalue weighted by molar-refractivity contribution is 7.10. The number of hydrogen-bond acceptors (Lipinski definition) is 5. The molecule has 0 fully saturated rings. The topological polar surface area (TPSA) is 52.6 Å². The molecule has 0 spiro atoms. The number of carbonyl (C=O) groups is 2. The molecule has 18 heavy (non-hydrogen) atoms. The van der Waals surface area contributed by atoms with Gasteiger partial charge in [0.15, 0.2) is 0 Å². The highest BCUT2D eigenvalue weighted by Gasteiger charge is 2.19. The van der Waals surface area contributed by atoms with E-state index in [0.29, 0.717) is 0 Å². The fourth-order valence-corrected chi connectivity index (χ4v) is 2.25. The summed E-state index contributed by atoms with van der Waals surface area (Å²) < 4.78 is 9.72. The maximum atomic E-state index is 11.7. The Kier molecular flexibility index (Phi) is 5.58. The van der Waals surface area contributed by atoms with E-state index in [1.807, 2.05) is 17.5 Å². The Labute approximate surface area is 110 Å². The Bertz CT molecular complexity index is 422. The van der Waals surface area contributed by atoms with Crippen molar-refractivity contribution in [3.8, 4) is 0 Å². The Morgan fingerprint density at radius 3 is 2.61 bits per heavy atom. The lowest BCUT2D eigenvalue weighted by Gasteiger charge is -2.10. The summed E-state index contributed by atoms with van der Waals surface area (Å²) in [6.07, 6.45) is 3.02. The first kappa shape index (κ1) is 14.4. The largest absolute Gasteiger partial charge is 0.468 e. The molecular formula is C13H16O4S. The molecule has 0 unspecified atom stereocenters. The summed E-state index contributed by atoms with van der Waals surface area (Å²) in [5.74, 6) is -1.13. The Morgan fingerprint density at radius 1 is 1.39 bits per heavy atom. The molecule has 0 saturated carbocycles. The molecule has 0 radical (unpaired) electrons. The van der Waals surface area contributed by atoms with Gasteiger partial charge in [0.1, 0.15) is 12.0 Å². The zero-order valence-electron chi connectivity index (χ0n) is 10.6. The van der Waals surface area contributed by atoms with Gasteiger partial charge in [-0.1, -0.05) is 12.1 Å². The Morgan fingerprint density at radius 2 is 2.11 bits per heavy atom. The minimum Gasteiger partial charge on any atom is -0.468 e.